The molecule has 1 aromatic rings. The Morgan fingerprint density at radius 1 is 1.50 bits per heavy atom. The molecular formula is C14H25N3OS2. The maximum Gasteiger partial charge on any atom is 0.185 e. The highest BCUT2D eigenvalue weighted by Gasteiger charge is 2.30. The summed E-state index contributed by atoms with van der Waals surface area (Å²) in [7, 11) is 3.89. The van der Waals surface area contributed by atoms with Gasteiger partial charge in [-0.1, -0.05) is 0 Å². The smallest absolute Gasteiger partial charge is 0.185 e. The van der Waals surface area contributed by atoms with E-state index in [4.69, 9.17) is 9.72 Å². The van der Waals surface area contributed by atoms with E-state index in [2.05, 4.69) is 23.5 Å². The summed E-state index contributed by atoms with van der Waals surface area (Å²) in [6.45, 7) is 3.65. The van der Waals surface area contributed by atoms with Gasteiger partial charge in [-0.2, -0.15) is 11.8 Å². The molecule has 1 aromatic heterocycles. The van der Waals surface area contributed by atoms with Crippen molar-refractivity contribution in [1.29, 1.82) is 0 Å². The summed E-state index contributed by atoms with van der Waals surface area (Å²) in [5, 5.41) is 4.61. The SMILES string of the molecule is COCCNCc1sc(N(C)CCSC)nc1C1CC1. The Kier molecular flexibility index (Phi) is 6.61. The van der Waals surface area contributed by atoms with Gasteiger partial charge in [0.1, 0.15) is 0 Å². The second kappa shape index (κ2) is 8.22. The number of aromatic nitrogens is 1. The van der Waals surface area contributed by atoms with E-state index in [-0.39, 0.29) is 0 Å². The Bertz CT molecular complexity index is 407. The summed E-state index contributed by atoms with van der Waals surface area (Å²) >= 11 is 3.73. The van der Waals surface area contributed by atoms with Crippen molar-refractivity contribution in [3.8, 4) is 0 Å². The van der Waals surface area contributed by atoms with Crippen molar-refractivity contribution in [2.24, 2.45) is 0 Å². The van der Waals surface area contributed by atoms with E-state index in [0.29, 0.717) is 5.92 Å². The minimum absolute atomic E-state index is 0.716. The van der Waals surface area contributed by atoms with Crippen LogP contribution in [0.25, 0.3) is 0 Å². The van der Waals surface area contributed by atoms with Crippen molar-refractivity contribution >= 4 is 28.2 Å². The number of rotatable bonds is 10. The maximum absolute atomic E-state index is 5.07. The molecule has 0 radical (unpaired) electrons. The topological polar surface area (TPSA) is 37.4 Å². The third-order valence-electron chi connectivity index (χ3n) is 3.41. The number of nitrogens with one attached hydrogen (secondary N) is 1. The molecular weight excluding hydrogens is 290 g/mol. The first-order valence-corrected chi connectivity index (χ1v) is 9.36. The van der Waals surface area contributed by atoms with Crippen LogP contribution in [0.3, 0.4) is 0 Å². The lowest BCUT2D eigenvalue weighted by molar-refractivity contribution is 0.199. The van der Waals surface area contributed by atoms with Crippen LogP contribution in [0.2, 0.25) is 0 Å². The molecule has 1 heterocycles. The fraction of sp³-hybridized carbons (Fsp3) is 0.786. The standard InChI is InChI=1S/C14H25N3OS2/c1-17(7-9-19-3)14-16-13(11-4-5-11)12(20-14)10-15-6-8-18-2/h11,15H,4-10H2,1-3H3. The Labute approximate surface area is 130 Å². The highest BCUT2D eigenvalue weighted by Crippen LogP contribution is 2.44. The molecule has 6 heteroatoms. The molecule has 0 aromatic carbocycles. The Hall–Kier alpha value is -0.300. The summed E-state index contributed by atoms with van der Waals surface area (Å²) in [5.74, 6) is 1.86. The fourth-order valence-electron chi connectivity index (χ4n) is 2.02. The molecule has 0 aliphatic heterocycles. The largest absolute Gasteiger partial charge is 0.383 e. The first kappa shape index (κ1) is 16.1. The molecule has 114 valence electrons. The fourth-order valence-corrected chi connectivity index (χ4v) is 3.58. The number of methoxy groups -OCH3 is 1. The third-order valence-corrected chi connectivity index (χ3v) is 5.18. The van der Waals surface area contributed by atoms with E-state index >= 15 is 0 Å². The lowest BCUT2D eigenvalue weighted by atomic mass is 10.2. The molecule has 0 amide bonds. The predicted molar refractivity (Wildman–Crippen MR) is 89.3 cm³/mol. The van der Waals surface area contributed by atoms with Crippen molar-refractivity contribution in [3.05, 3.63) is 10.6 Å². The number of nitrogens with zero attached hydrogens (tertiary/aromatic N) is 2. The van der Waals surface area contributed by atoms with Crippen LogP contribution in [0.15, 0.2) is 0 Å². The van der Waals surface area contributed by atoms with Gasteiger partial charge in [-0.05, 0) is 19.1 Å². The van der Waals surface area contributed by atoms with Crippen LogP contribution in [0.1, 0.15) is 29.3 Å². The normalized spacial score (nSPS) is 14.8. The van der Waals surface area contributed by atoms with E-state index in [0.717, 1.165) is 32.0 Å². The van der Waals surface area contributed by atoms with Crippen molar-refractivity contribution in [2.75, 3.05) is 50.8 Å². The van der Waals surface area contributed by atoms with Gasteiger partial charge in [0.25, 0.3) is 0 Å². The summed E-state index contributed by atoms with van der Waals surface area (Å²) < 4.78 is 5.07. The van der Waals surface area contributed by atoms with Crippen molar-refractivity contribution < 1.29 is 4.74 Å². The Morgan fingerprint density at radius 3 is 2.95 bits per heavy atom. The summed E-state index contributed by atoms with van der Waals surface area (Å²) in [4.78, 5) is 8.58. The van der Waals surface area contributed by atoms with E-state index in [9.17, 15) is 0 Å². The van der Waals surface area contributed by atoms with Crippen LogP contribution in [0.4, 0.5) is 5.13 Å². The second-order valence-corrected chi connectivity index (χ2v) is 7.21. The summed E-state index contributed by atoms with van der Waals surface area (Å²) in [6.07, 6.45) is 4.77. The molecule has 0 bridgehead atoms. The van der Waals surface area contributed by atoms with Crippen LogP contribution < -0.4 is 10.2 Å². The molecule has 0 atom stereocenters. The average Bonchev–Trinajstić information content (AvgIpc) is 3.21. The zero-order valence-corrected chi connectivity index (χ0v) is 14.3. The maximum atomic E-state index is 5.07. The number of anilines is 1. The average molecular weight is 316 g/mol. The lowest BCUT2D eigenvalue weighted by Crippen LogP contribution is -2.19. The van der Waals surface area contributed by atoms with Gasteiger partial charge < -0.3 is 15.0 Å². The third kappa shape index (κ3) is 4.62. The van der Waals surface area contributed by atoms with Crippen LogP contribution in [-0.4, -0.2) is 50.8 Å². The molecule has 1 aliphatic carbocycles. The molecule has 20 heavy (non-hydrogen) atoms. The van der Waals surface area contributed by atoms with Gasteiger partial charge in [-0.15, -0.1) is 11.3 Å². The number of ether oxygens (including phenoxy) is 1. The zero-order chi connectivity index (χ0) is 14.4. The van der Waals surface area contributed by atoms with Crippen LogP contribution in [0, 0.1) is 0 Å². The number of hydrogen-bond donors (Lipinski definition) is 1. The molecule has 1 aliphatic rings. The predicted octanol–water partition coefficient (Wildman–Crippen LogP) is 2.56. The molecule has 0 spiro atoms. The molecule has 1 N–H and O–H groups in total. The quantitative estimate of drug-likeness (QED) is 0.672. The van der Waals surface area contributed by atoms with Gasteiger partial charge >= 0.3 is 0 Å². The lowest BCUT2D eigenvalue weighted by Gasteiger charge is -2.14. The number of thioether (sulfide) groups is 1. The molecule has 0 unspecified atom stereocenters. The number of thiazole rings is 1. The molecule has 1 fully saturated rings. The molecule has 1 saturated carbocycles. The van der Waals surface area contributed by atoms with Crippen LogP contribution in [0.5, 0.6) is 0 Å². The van der Waals surface area contributed by atoms with Crippen LogP contribution in [-0.2, 0) is 11.3 Å². The molecule has 2 rings (SSSR count). The Balaban J connectivity index is 1.96. The van der Waals surface area contributed by atoms with Gasteiger partial charge in [0.2, 0.25) is 0 Å². The molecule has 0 saturated heterocycles. The van der Waals surface area contributed by atoms with Crippen LogP contribution >= 0.6 is 23.1 Å². The Morgan fingerprint density at radius 2 is 2.30 bits per heavy atom. The van der Waals surface area contributed by atoms with E-state index in [1.54, 1.807) is 7.11 Å². The van der Waals surface area contributed by atoms with E-state index < -0.39 is 0 Å². The van der Waals surface area contributed by atoms with Gasteiger partial charge in [0.15, 0.2) is 5.13 Å². The van der Waals surface area contributed by atoms with Gasteiger partial charge in [-0.3, -0.25) is 0 Å². The first-order valence-electron chi connectivity index (χ1n) is 7.15. The van der Waals surface area contributed by atoms with Gasteiger partial charge in [0, 0.05) is 50.3 Å². The number of hydrogen-bond acceptors (Lipinski definition) is 6. The highest BCUT2D eigenvalue weighted by molar-refractivity contribution is 7.98. The van der Waals surface area contributed by atoms with Crippen molar-refractivity contribution in [1.82, 2.24) is 10.3 Å². The monoisotopic (exact) mass is 315 g/mol. The van der Waals surface area contributed by atoms with E-state index in [1.807, 2.05) is 23.1 Å². The van der Waals surface area contributed by atoms with Crippen molar-refractivity contribution in [3.63, 3.8) is 0 Å². The highest BCUT2D eigenvalue weighted by atomic mass is 32.2. The first-order chi connectivity index (χ1) is 9.76. The summed E-state index contributed by atoms with van der Waals surface area (Å²) in [5.41, 5.74) is 1.34. The minimum Gasteiger partial charge on any atom is -0.383 e. The van der Waals surface area contributed by atoms with E-state index in [1.165, 1.54) is 28.5 Å². The van der Waals surface area contributed by atoms with Gasteiger partial charge in [-0.25, -0.2) is 4.98 Å². The summed E-state index contributed by atoms with van der Waals surface area (Å²) in [6, 6.07) is 0. The molecule has 4 nitrogen and oxygen atoms in total. The van der Waals surface area contributed by atoms with Gasteiger partial charge in [0.05, 0.1) is 12.3 Å². The minimum atomic E-state index is 0.716. The second-order valence-electron chi connectivity index (χ2n) is 5.16. The zero-order valence-electron chi connectivity index (χ0n) is 12.6. The van der Waals surface area contributed by atoms with Crippen molar-refractivity contribution in [2.45, 2.75) is 25.3 Å².